The predicted molar refractivity (Wildman–Crippen MR) is 54.8 cm³/mol. The van der Waals surface area contributed by atoms with Crippen molar-refractivity contribution in [2.45, 2.75) is 6.92 Å². The molecule has 1 aromatic carbocycles. The second-order valence-corrected chi connectivity index (χ2v) is 2.77. The Balaban J connectivity index is 2.80. The number of phenols is 1. The van der Waals surface area contributed by atoms with Gasteiger partial charge in [-0.2, -0.15) is 0 Å². The van der Waals surface area contributed by atoms with E-state index in [4.69, 9.17) is 0 Å². The lowest BCUT2D eigenvalue weighted by Crippen LogP contribution is -2.16. The lowest BCUT2D eigenvalue weighted by Gasteiger charge is -2.16. The van der Waals surface area contributed by atoms with E-state index in [1.54, 1.807) is 19.1 Å². The highest BCUT2D eigenvalue weighted by atomic mass is 16.3. The van der Waals surface area contributed by atoms with E-state index in [0.717, 1.165) is 5.69 Å². The number of phenolic OH excluding ortho intramolecular Hbond substituents is 1. The zero-order valence-corrected chi connectivity index (χ0v) is 7.91. The minimum absolute atomic E-state index is 0.294. The van der Waals surface area contributed by atoms with Gasteiger partial charge in [-0.1, -0.05) is 18.1 Å². The summed E-state index contributed by atoms with van der Waals surface area (Å²) >= 11 is 0. The molecule has 2 heteroatoms. The lowest BCUT2D eigenvalue weighted by atomic mass is 10.2. The number of rotatable bonds is 2. The van der Waals surface area contributed by atoms with Crippen LogP contribution in [0.4, 0.5) is 5.69 Å². The first kappa shape index (κ1) is 9.47. The Bertz CT molecular complexity index is 335. The van der Waals surface area contributed by atoms with Crippen LogP contribution in [0.25, 0.3) is 0 Å². The molecular weight excluding hydrogens is 162 g/mol. The van der Waals surface area contributed by atoms with Gasteiger partial charge >= 0.3 is 0 Å². The highest BCUT2D eigenvalue weighted by Crippen LogP contribution is 2.24. The van der Waals surface area contributed by atoms with Crippen molar-refractivity contribution in [1.29, 1.82) is 0 Å². The first-order chi connectivity index (χ1) is 6.25. The highest BCUT2D eigenvalue weighted by Gasteiger charge is 2.02. The Labute approximate surface area is 78.8 Å². The molecule has 0 fully saturated rings. The van der Waals surface area contributed by atoms with Crippen LogP contribution in [0, 0.1) is 11.8 Å². The van der Waals surface area contributed by atoms with E-state index < -0.39 is 0 Å². The van der Waals surface area contributed by atoms with Gasteiger partial charge in [0.15, 0.2) is 0 Å². The summed E-state index contributed by atoms with van der Waals surface area (Å²) < 4.78 is 0. The summed E-state index contributed by atoms with van der Waals surface area (Å²) in [5, 5.41) is 9.49. The largest absolute Gasteiger partial charge is 0.506 e. The summed E-state index contributed by atoms with van der Waals surface area (Å²) in [6, 6.07) is 7.24. The van der Waals surface area contributed by atoms with E-state index in [1.165, 1.54) is 0 Å². The van der Waals surface area contributed by atoms with Gasteiger partial charge in [-0.05, 0) is 19.1 Å². The summed E-state index contributed by atoms with van der Waals surface area (Å²) in [5.74, 6) is 6.05. The summed E-state index contributed by atoms with van der Waals surface area (Å²) in [6.45, 7) is 2.44. The SMILES string of the molecule is CC#CCN(C)c1ccccc1O. The number of nitrogens with zero attached hydrogens (tertiary/aromatic N) is 1. The zero-order chi connectivity index (χ0) is 9.68. The number of hydrogen-bond donors (Lipinski definition) is 1. The Hall–Kier alpha value is -1.62. The maximum absolute atomic E-state index is 9.49. The van der Waals surface area contributed by atoms with E-state index in [0.29, 0.717) is 12.3 Å². The molecule has 0 atom stereocenters. The minimum Gasteiger partial charge on any atom is -0.506 e. The summed E-state index contributed by atoms with van der Waals surface area (Å²) in [5.41, 5.74) is 0.810. The third-order valence-electron chi connectivity index (χ3n) is 1.79. The molecule has 0 saturated carbocycles. The number of anilines is 1. The summed E-state index contributed by atoms with van der Waals surface area (Å²) in [6.07, 6.45) is 0. The molecule has 0 bridgehead atoms. The summed E-state index contributed by atoms with van der Waals surface area (Å²) in [4.78, 5) is 1.91. The third-order valence-corrected chi connectivity index (χ3v) is 1.79. The average Bonchev–Trinajstić information content (AvgIpc) is 2.15. The monoisotopic (exact) mass is 175 g/mol. The molecular formula is C11H13NO. The van der Waals surface area contributed by atoms with Gasteiger partial charge in [-0.25, -0.2) is 0 Å². The van der Waals surface area contributed by atoms with E-state index >= 15 is 0 Å². The molecule has 0 amide bonds. The number of aromatic hydroxyl groups is 1. The van der Waals surface area contributed by atoms with Crippen LogP contribution >= 0.6 is 0 Å². The van der Waals surface area contributed by atoms with Crippen LogP contribution in [0.3, 0.4) is 0 Å². The third kappa shape index (κ3) is 2.41. The van der Waals surface area contributed by atoms with Crippen molar-refractivity contribution in [2.24, 2.45) is 0 Å². The molecule has 68 valence electrons. The summed E-state index contributed by atoms with van der Waals surface area (Å²) in [7, 11) is 1.90. The van der Waals surface area contributed by atoms with E-state index in [1.807, 2.05) is 24.1 Å². The molecule has 1 aromatic rings. The molecule has 0 spiro atoms. The van der Waals surface area contributed by atoms with Gasteiger partial charge in [0.05, 0.1) is 12.2 Å². The van der Waals surface area contributed by atoms with Crippen molar-refractivity contribution in [3.05, 3.63) is 24.3 Å². The quantitative estimate of drug-likeness (QED) is 0.693. The number of para-hydroxylation sites is 2. The first-order valence-electron chi connectivity index (χ1n) is 4.14. The molecule has 0 heterocycles. The van der Waals surface area contributed by atoms with Crippen LogP contribution < -0.4 is 4.90 Å². The second kappa shape index (κ2) is 4.42. The van der Waals surface area contributed by atoms with Crippen molar-refractivity contribution >= 4 is 5.69 Å². The fraction of sp³-hybridized carbons (Fsp3) is 0.273. The number of benzene rings is 1. The van der Waals surface area contributed by atoms with Gasteiger partial charge in [-0.15, -0.1) is 5.92 Å². The van der Waals surface area contributed by atoms with Crippen LogP contribution in [-0.4, -0.2) is 18.7 Å². The van der Waals surface area contributed by atoms with Crippen molar-refractivity contribution in [2.75, 3.05) is 18.5 Å². The molecule has 13 heavy (non-hydrogen) atoms. The Morgan fingerprint density at radius 2 is 2.08 bits per heavy atom. The molecule has 2 nitrogen and oxygen atoms in total. The van der Waals surface area contributed by atoms with Crippen molar-refractivity contribution in [1.82, 2.24) is 0 Å². The number of hydrogen-bond acceptors (Lipinski definition) is 2. The Morgan fingerprint density at radius 1 is 1.38 bits per heavy atom. The predicted octanol–water partition coefficient (Wildman–Crippen LogP) is 1.85. The molecule has 0 aliphatic heterocycles. The smallest absolute Gasteiger partial charge is 0.138 e. The van der Waals surface area contributed by atoms with Gasteiger partial charge in [0, 0.05) is 7.05 Å². The molecule has 1 N–H and O–H groups in total. The average molecular weight is 175 g/mol. The lowest BCUT2D eigenvalue weighted by molar-refractivity contribution is 0.475. The zero-order valence-electron chi connectivity index (χ0n) is 7.91. The van der Waals surface area contributed by atoms with Gasteiger partial charge < -0.3 is 10.0 Å². The van der Waals surface area contributed by atoms with Gasteiger partial charge in [0.1, 0.15) is 5.75 Å². The molecule has 0 aromatic heterocycles. The van der Waals surface area contributed by atoms with Crippen LogP contribution in [0.15, 0.2) is 24.3 Å². The van der Waals surface area contributed by atoms with Crippen LogP contribution in [-0.2, 0) is 0 Å². The Kier molecular flexibility index (Phi) is 3.22. The molecule has 0 aliphatic rings. The standard InChI is InChI=1S/C11H13NO/c1-3-4-9-12(2)10-7-5-6-8-11(10)13/h5-8,13H,9H2,1-2H3. The van der Waals surface area contributed by atoms with Crippen LogP contribution in [0.1, 0.15) is 6.92 Å². The fourth-order valence-corrected chi connectivity index (χ4v) is 1.07. The fourth-order valence-electron chi connectivity index (χ4n) is 1.07. The van der Waals surface area contributed by atoms with Crippen molar-refractivity contribution in [3.63, 3.8) is 0 Å². The van der Waals surface area contributed by atoms with Gasteiger partial charge in [0.2, 0.25) is 0 Å². The first-order valence-corrected chi connectivity index (χ1v) is 4.14. The van der Waals surface area contributed by atoms with E-state index in [2.05, 4.69) is 11.8 Å². The van der Waals surface area contributed by atoms with Gasteiger partial charge in [-0.3, -0.25) is 0 Å². The normalized spacial score (nSPS) is 8.77. The molecule has 0 unspecified atom stereocenters. The second-order valence-electron chi connectivity index (χ2n) is 2.77. The molecule has 0 aliphatic carbocycles. The van der Waals surface area contributed by atoms with Gasteiger partial charge in [0.25, 0.3) is 0 Å². The molecule has 1 rings (SSSR count). The topological polar surface area (TPSA) is 23.5 Å². The molecule has 0 radical (unpaired) electrons. The highest BCUT2D eigenvalue weighted by molar-refractivity contribution is 5.57. The molecule has 0 saturated heterocycles. The minimum atomic E-state index is 0.294. The van der Waals surface area contributed by atoms with Crippen molar-refractivity contribution in [3.8, 4) is 17.6 Å². The Morgan fingerprint density at radius 3 is 2.69 bits per heavy atom. The maximum atomic E-state index is 9.49. The van der Waals surface area contributed by atoms with Crippen LogP contribution in [0.2, 0.25) is 0 Å². The van der Waals surface area contributed by atoms with E-state index in [-0.39, 0.29) is 0 Å². The van der Waals surface area contributed by atoms with Crippen LogP contribution in [0.5, 0.6) is 5.75 Å². The maximum Gasteiger partial charge on any atom is 0.138 e. The van der Waals surface area contributed by atoms with E-state index in [9.17, 15) is 5.11 Å². The van der Waals surface area contributed by atoms with Crippen molar-refractivity contribution < 1.29 is 5.11 Å².